The summed E-state index contributed by atoms with van der Waals surface area (Å²) in [5, 5.41) is 15.2. The zero-order valence-electron chi connectivity index (χ0n) is 37.9. The number of nitrogens with one attached hydrogen (secondary N) is 2. The second-order valence-electron chi connectivity index (χ2n) is 17.7. The van der Waals surface area contributed by atoms with Gasteiger partial charge in [-0.3, -0.25) is 34.3 Å². The van der Waals surface area contributed by atoms with Crippen LogP contribution < -0.4 is 10.6 Å². The average Bonchev–Trinajstić information content (AvgIpc) is 3.63. The van der Waals surface area contributed by atoms with Gasteiger partial charge in [-0.05, 0) is 64.0 Å². The van der Waals surface area contributed by atoms with E-state index in [1.54, 1.807) is 65.6 Å². The minimum Gasteiger partial charge on any atom is -0.480 e. The molecule has 1 aromatic carbocycles. The predicted octanol–water partition coefficient (Wildman–Crippen LogP) is 4.75. The van der Waals surface area contributed by atoms with Crippen LogP contribution in [0.15, 0.2) is 30.3 Å². The summed E-state index contributed by atoms with van der Waals surface area (Å²) in [6.07, 6.45) is 0.0196. The average molecular weight is 832 g/mol. The van der Waals surface area contributed by atoms with Crippen molar-refractivity contribution in [1.29, 1.82) is 0 Å². The number of amides is 5. The van der Waals surface area contributed by atoms with E-state index in [0.717, 1.165) is 5.56 Å². The molecule has 1 aliphatic rings. The molecule has 0 spiro atoms. The van der Waals surface area contributed by atoms with E-state index in [1.165, 1.54) is 26.2 Å². The molecule has 0 aromatic heterocycles. The number of hydrogen-bond acceptors (Lipinski definition) is 10. The zero-order chi connectivity index (χ0) is 44.9. The second kappa shape index (κ2) is 23.1. The van der Waals surface area contributed by atoms with E-state index in [4.69, 9.17) is 14.2 Å². The Hall–Kier alpha value is -4.08. The lowest BCUT2D eigenvalue weighted by molar-refractivity contribution is -0.146. The van der Waals surface area contributed by atoms with E-state index in [2.05, 4.69) is 10.6 Å². The van der Waals surface area contributed by atoms with Gasteiger partial charge in [-0.2, -0.15) is 0 Å². The van der Waals surface area contributed by atoms with Crippen LogP contribution >= 0.6 is 0 Å². The minimum atomic E-state index is -1.15. The maximum absolute atomic E-state index is 14.3. The van der Waals surface area contributed by atoms with E-state index in [1.807, 2.05) is 50.8 Å². The normalized spacial score (nSPS) is 18.7. The number of rotatable bonds is 21. The summed E-state index contributed by atoms with van der Waals surface area (Å²) in [4.78, 5) is 85.6. The van der Waals surface area contributed by atoms with Crippen molar-refractivity contribution in [2.45, 2.75) is 149 Å². The van der Waals surface area contributed by atoms with Crippen molar-refractivity contribution in [3.05, 3.63) is 35.9 Å². The van der Waals surface area contributed by atoms with Crippen molar-refractivity contribution in [3.8, 4) is 0 Å². The molecule has 15 heteroatoms. The maximum Gasteiger partial charge on any atom is 0.410 e. The number of carbonyl (C=O) groups is 6. The molecule has 15 nitrogen and oxygen atoms in total. The third-order valence-electron chi connectivity index (χ3n) is 11.4. The van der Waals surface area contributed by atoms with Crippen LogP contribution in [0.1, 0.15) is 100 Å². The number of benzene rings is 1. The fourth-order valence-corrected chi connectivity index (χ4v) is 8.33. The summed E-state index contributed by atoms with van der Waals surface area (Å²) in [7, 11) is 6.30. The van der Waals surface area contributed by atoms with Crippen LogP contribution in [-0.4, -0.2) is 138 Å². The van der Waals surface area contributed by atoms with Gasteiger partial charge >= 0.3 is 12.1 Å². The lowest BCUT2D eigenvalue weighted by Gasteiger charge is -2.43. The molecule has 1 aliphatic heterocycles. The monoisotopic (exact) mass is 832 g/mol. The Morgan fingerprint density at radius 3 is 1.95 bits per heavy atom. The Kier molecular flexibility index (Phi) is 20.0. The molecule has 1 fully saturated rings. The molecule has 0 aliphatic carbocycles. The number of likely N-dealkylation sites (tertiary alicyclic amines) is 1. The van der Waals surface area contributed by atoms with Crippen LogP contribution in [0.3, 0.4) is 0 Å². The summed E-state index contributed by atoms with van der Waals surface area (Å²) < 4.78 is 17.5. The first-order chi connectivity index (χ1) is 27.5. The van der Waals surface area contributed by atoms with Gasteiger partial charge < -0.3 is 29.5 Å². The van der Waals surface area contributed by atoms with E-state index >= 15 is 0 Å². The molecule has 5 amide bonds. The van der Waals surface area contributed by atoms with E-state index in [0.29, 0.717) is 25.8 Å². The van der Waals surface area contributed by atoms with E-state index in [9.17, 15) is 33.9 Å². The first kappa shape index (κ1) is 51.1. The highest BCUT2D eigenvalue weighted by Gasteiger charge is 2.44. The van der Waals surface area contributed by atoms with Gasteiger partial charge in [0.25, 0.3) is 0 Å². The Bertz CT molecular complexity index is 1550. The van der Waals surface area contributed by atoms with Crippen LogP contribution in [-0.2, 0) is 44.6 Å². The maximum atomic E-state index is 14.3. The van der Waals surface area contributed by atoms with Crippen LogP contribution in [0.4, 0.5) is 4.79 Å². The number of aliphatic carboxylic acids is 1. The van der Waals surface area contributed by atoms with E-state index < -0.39 is 83.7 Å². The number of carboxylic acid groups (broad SMARTS) is 1. The molecule has 3 N–H and O–H groups in total. The van der Waals surface area contributed by atoms with Crippen LogP contribution in [0.25, 0.3) is 0 Å². The minimum absolute atomic E-state index is 0.0248. The van der Waals surface area contributed by atoms with Crippen molar-refractivity contribution in [2.24, 2.45) is 23.7 Å². The summed E-state index contributed by atoms with van der Waals surface area (Å²) in [5.41, 5.74) is -0.00391. The fraction of sp³-hybridized carbons (Fsp3) is 0.727. The number of imide groups is 1. The molecule has 334 valence electrons. The molecule has 59 heavy (non-hydrogen) atoms. The molecule has 0 unspecified atom stereocenters. The van der Waals surface area contributed by atoms with Gasteiger partial charge in [0.05, 0.1) is 36.6 Å². The Morgan fingerprint density at radius 1 is 0.881 bits per heavy atom. The lowest BCUT2D eigenvalue weighted by Crippen LogP contribution is -2.60. The van der Waals surface area contributed by atoms with E-state index in [-0.39, 0.29) is 36.5 Å². The fourth-order valence-electron chi connectivity index (χ4n) is 8.33. The Balaban J connectivity index is 2.31. The van der Waals surface area contributed by atoms with Gasteiger partial charge in [0.1, 0.15) is 17.7 Å². The molecule has 1 saturated heterocycles. The van der Waals surface area contributed by atoms with Crippen LogP contribution in [0.2, 0.25) is 0 Å². The van der Waals surface area contributed by atoms with Crippen molar-refractivity contribution < 1.29 is 48.1 Å². The topological polar surface area (TPSA) is 184 Å². The van der Waals surface area contributed by atoms with Gasteiger partial charge in [-0.15, -0.1) is 0 Å². The number of nitrogens with zero attached hydrogens (tertiary/aromatic N) is 3. The standard InChI is InChI=1S/C44H73N5O10/c1-15-28(6)37(47(11)35(26(2)3)40(52)46-41(53)36(27(4)5)48(12)43(56)59-44(8,9)10)33(57-13)25-34(50)49-23-19-22-32(49)38(58-14)29(7)39(51)45-31(42(54)55)24-30-20-17-16-18-21-30/h16-18,20-21,26-29,31-33,35-38H,15,19,22-25H2,1-14H3,(H,45,51)(H,54,55)(H,46,52,53)/t28-,29+,31-,32-,33+,35-,36-,37-,38+/m0/s1. The van der Waals surface area contributed by atoms with Crippen molar-refractivity contribution in [3.63, 3.8) is 0 Å². The largest absolute Gasteiger partial charge is 0.480 e. The third kappa shape index (κ3) is 14.3. The third-order valence-corrected chi connectivity index (χ3v) is 11.4. The molecule has 1 heterocycles. The van der Waals surface area contributed by atoms with Gasteiger partial charge in [-0.1, -0.05) is 85.2 Å². The summed E-state index contributed by atoms with van der Waals surface area (Å²) in [6, 6.07) is 5.25. The van der Waals surface area contributed by atoms with Crippen LogP contribution in [0.5, 0.6) is 0 Å². The van der Waals surface area contributed by atoms with Gasteiger partial charge in [0, 0.05) is 40.3 Å². The molecule has 2 rings (SSSR count). The number of hydrogen-bond donors (Lipinski definition) is 3. The summed E-state index contributed by atoms with van der Waals surface area (Å²) in [5.74, 6) is -4.42. The van der Waals surface area contributed by atoms with Gasteiger partial charge in [0.2, 0.25) is 23.6 Å². The van der Waals surface area contributed by atoms with Gasteiger partial charge in [-0.25, -0.2) is 9.59 Å². The quantitative estimate of drug-likeness (QED) is 0.155. The number of methoxy groups -OCH3 is 2. The summed E-state index contributed by atoms with van der Waals surface area (Å²) >= 11 is 0. The lowest BCUT2D eigenvalue weighted by atomic mass is 9.87. The smallest absolute Gasteiger partial charge is 0.410 e. The van der Waals surface area contributed by atoms with Crippen molar-refractivity contribution in [2.75, 3.05) is 34.9 Å². The SMILES string of the molecule is CC[C@H](C)[C@@H]([C@@H](CC(=O)N1CCC[C@H]1[C@H](OC)[C@@H](C)C(=O)N[C@@H](Cc1ccccc1)C(=O)O)OC)N(C)[C@H](C(=O)NC(=O)[C@H](C(C)C)N(C)C(=O)OC(C)(C)C)C(C)C. The first-order valence-corrected chi connectivity index (χ1v) is 21.0. The van der Waals surface area contributed by atoms with Crippen molar-refractivity contribution in [1.82, 2.24) is 25.3 Å². The molecule has 9 atom stereocenters. The Labute approximate surface area is 352 Å². The molecule has 0 saturated carbocycles. The van der Waals surface area contributed by atoms with Gasteiger partial charge in [0.15, 0.2) is 0 Å². The number of likely N-dealkylation sites (N-methyl/N-ethyl adjacent to an activating group) is 2. The Morgan fingerprint density at radius 2 is 1.46 bits per heavy atom. The second-order valence-corrected chi connectivity index (χ2v) is 17.7. The molecule has 1 aromatic rings. The number of carboxylic acids is 1. The first-order valence-electron chi connectivity index (χ1n) is 21.0. The highest BCUT2D eigenvalue weighted by molar-refractivity contribution is 6.01. The summed E-state index contributed by atoms with van der Waals surface area (Å²) in [6.45, 7) is 18.7. The number of ether oxygens (including phenoxy) is 3. The zero-order valence-corrected chi connectivity index (χ0v) is 37.9. The van der Waals surface area contributed by atoms with Crippen molar-refractivity contribution >= 4 is 35.7 Å². The molecule has 0 radical (unpaired) electrons. The molecular weight excluding hydrogens is 759 g/mol. The van der Waals surface area contributed by atoms with Crippen LogP contribution in [0, 0.1) is 23.7 Å². The highest BCUT2D eigenvalue weighted by atomic mass is 16.6. The number of carbonyl (C=O) groups excluding carboxylic acids is 5. The predicted molar refractivity (Wildman–Crippen MR) is 225 cm³/mol. The highest BCUT2D eigenvalue weighted by Crippen LogP contribution is 2.30. The molecule has 0 bridgehead atoms. The molecular formula is C44H73N5O10.